The molecule has 2 aromatic carbocycles. The fraction of sp³-hybridized carbons (Fsp3) is 0.208. The highest BCUT2D eigenvalue weighted by Crippen LogP contribution is 2.28. The summed E-state index contributed by atoms with van der Waals surface area (Å²) in [6.07, 6.45) is 1.58. The summed E-state index contributed by atoms with van der Waals surface area (Å²) in [7, 11) is 1.58. The van der Waals surface area contributed by atoms with Crippen molar-refractivity contribution in [3.05, 3.63) is 70.6 Å². The number of hydrogen-bond acceptors (Lipinski definition) is 6. The number of aryl methyl sites for hydroxylation is 1. The largest absolute Gasteiger partial charge is 0.497 e. The number of hydrogen-bond donors (Lipinski definition) is 0. The molecule has 4 aromatic rings. The first-order valence-corrected chi connectivity index (χ1v) is 10.2. The van der Waals surface area contributed by atoms with Crippen molar-refractivity contribution in [3.8, 4) is 34.3 Å². The van der Waals surface area contributed by atoms with Crippen LogP contribution < -0.4 is 19.8 Å². The van der Waals surface area contributed by atoms with E-state index in [0.717, 1.165) is 11.1 Å². The number of fused-ring (bicyclic) bond motifs is 1. The molecule has 4 rings (SSSR count). The predicted molar refractivity (Wildman–Crippen MR) is 120 cm³/mol. The Labute approximate surface area is 188 Å². The Morgan fingerprint density at radius 1 is 1.03 bits per heavy atom. The zero-order valence-corrected chi connectivity index (χ0v) is 18.2. The van der Waals surface area contributed by atoms with Gasteiger partial charge in [-0.1, -0.05) is 6.07 Å². The number of nitrogens with zero attached hydrogens (tertiary/aromatic N) is 3. The van der Waals surface area contributed by atoms with Gasteiger partial charge in [0.25, 0.3) is 5.56 Å². The average molecular weight is 453 g/mol. The lowest BCUT2D eigenvalue weighted by molar-refractivity contribution is -0.0498. The maximum Gasteiger partial charge on any atom is 0.387 e. The van der Waals surface area contributed by atoms with Gasteiger partial charge in [-0.2, -0.15) is 13.8 Å². The third-order valence-corrected chi connectivity index (χ3v) is 5.04. The van der Waals surface area contributed by atoms with Gasteiger partial charge in [0.1, 0.15) is 11.5 Å². The minimum Gasteiger partial charge on any atom is -0.497 e. The lowest BCUT2D eigenvalue weighted by Crippen LogP contribution is -2.22. The molecule has 0 aliphatic carbocycles. The molecule has 0 radical (unpaired) electrons. The number of alkyl halides is 2. The Morgan fingerprint density at radius 3 is 2.39 bits per heavy atom. The maximum atomic E-state index is 13.7. The van der Waals surface area contributed by atoms with Crippen LogP contribution in [0.4, 0.5) is 8.78 Å². The lowest BCUT2D eigenvalue weighted by Gasteiger charge is -2.15. The van der Waals surface area contributed by atoms with Crippen LogP contribution in [-0.4, -0.2) is 34.9 Å². The van der Waals surface area contributed by atoms with Crippen molar-refractivity contribution in [2.75, 3.05) is 13.7 Å². The van der Waals surface area contributed by atoms with Gasteiger partial charge in [0, 0.05) is 17.1 Å². The van der Waals surface area contributed by atoms with Crippen molar-refractivity contribution in [2.45, 2.75) is 20.5 Å². The highest BCUT2D eigenvalue weighted by atomic mass is 19.3. The van der Waals surface area contributed by atoms with Gasteiger partial charge in [-0.25, -0.2) is 4.98 Å². The van der Waals surface area contributed by atoms with Gasteiger partial charge in [0.05, 0.1) is 19.4 Å². The van der Waals surface area contributed by atoms with E-state index in [1.54, 1.807) is 32.4 Å². The molecule has 0 N–H and O–H groups in total. The molecule has 0 aliphatic heterocycles. The summed E-state index contributed by atoms with van der Waals surface area (Å²) >= 11 is 0. The molecular weight excluding hydrogens is 432 g/mol. The number of ether oxygens (including phenoxy) is 3. The van der Waals surface area contributed by atoms with E-state index < -0.39 is 6.61 Å². The van der Waals surface area contributed by atoms with Gasteiger partial charge in [-0.05, 0) is 67.4 Å². The second-order valence-electron chi connectivity index (χ2n) is 7.12. The molecular formula is C24H21F2N3O4. The molecule has 0 spiro atoms. The zero-order valence-electron chi connectivity index (χ0n) is 18.2. The standard InChI is InChI=1S/C24H21F2N3O4/c1-4-32-24-27-13-15-12-20(19-10-9-18(31-3)11-14(19)2)22(30)29(21(15)28-24)16-5-7-17(8-6-16)33-23(25)26/h5-13,23H,4H2,1-3H3. The lowest BCUT2D eigenvalue weighted by atomic mass is 10.0. The molecule has 0 atom stereocenters. The number of benzene rings is 2. The van der Waals surface area contributed by atoms with Crippen molar-refractivity contribution in [3.63, 3.8) is 0 Å². The molecule has 0 bridgehead atoms. The van der Waals surface area contributed by atoms with Gasteiger partial charge >= 0.3 is 12.6 Å². The minimum absolute atomic E-state index is 0.0158. The Hall–Kier alpha value is -4.01. The van der Waals surface area contributed by atoms with Crippen molar-refractivity contribution >= 4 is 11.0 Å². The van der Waals surface area contributed by atoms with Gasteiger partial charge < -0.3 is 14.2 Å². The van der Waals surface area contributed by atoms with Crippen LogP contribution in [-0.2, 0) is 0 Å². The molecule has 2 aromatic heterocycles. The number of pyridine rings is 1. The zero-order chi connectivity index (χ0) is 23.5. The molecule has 0 saturated carbocycles. The first-order chi connectivity index (χ1) is 15.9. The normalized spacial score (nSPS) is 11.1. The van der Waals surface area contributed by atoms with Crippen LogP contribution in [0.3, 0.4) is 0 Å². The average Bonchev–Trinajstić information content (AvgIpc) is 2.79. The molecule has 0 saturated heterocycles. The van der Waals surface area contributed by atoms with Crippen LogP contribution in [0, 0.1) is 6.92 Å². The number of halogens is 2. The number of rotatable bonds is 7. The number of aromatic nitrogens is 3. The number of methoxy groups -OCH3 is 1. The van der Waals surface area contributed by atoms with E-state index in [2.05, 4.69) is 14.7 Å². The van der Waals surface area contributed by atoms with E-state index in [4.69, 9.17) is 9.47 Å². The van der Waals surface area contributed by atoms with Crippen LogP contribution in [0.1, 0.15) is 12.5 Å². The molecule has 0 unspecified atom stereocenters. The Morgan fingerprint density at radius 2 is 1.76 bits per heavy atom. The molecule has 2 heterocycles. The van der Waals surface area contributed by atoms with Crippen molar-refractivity contribution in [2.24, 2.45) is 0 Å². The van der Waals surface area contributed by atoms with Crippen LogP contribution in [0.2, 0.25) is 0 Å². The molecule has 9 heteroatoms. The van der Waals surface area contributed by atoms with Gasteiger partial charge in [0.2, 0.25) is 0 Å². The van der Waals surface area contributed by atoms with E-state index in [-0.39, 0.29) is 17.3 Å². The molecule has 0 amide bonds. The summed E-state index contributed by atoms with van der Waals surface area (Å²) in [6.45, 7) is 1.11. The van der Waals surface area contributed by atoms with Crippen LogP contribution in [0.25, 0.3) is 27.8 Å². The molecule has 0 aliphatic rings. The van der Waals surface area contributed by atoms with Crippen molar-refractivity contribution < 1.29 is 23.0 Å². The topological polar surface area (TPSA) is 75.5 Å². The van der Waals surface area contributed by atoms with E-state index in [9.17, 15) is 13.6 Å². The third kappa shape index (κ3) is 4.48. The molecule has 33 heavy (non-hydrogen) atoms. The fourth-order valence-electron chi connectivity index (χ4n) is 3.55. The summed E-state index contributed by atoms with van der Waals surface area (Å²) in [6, 6.07) is 13.1. The maximum absolute atomic E-state index is 13.7. The molecule has 7 nitrogen and oxygen atoms in total. The van der Waals surface area contributed by atoms with Gasteiger partial charge in [-0.3, -0.25) is 9.36 Å². The molecule has 0 fully saturated rings. The summed E-state index contributed by atoms with van der Waals surface area (Å²) in [5.74, 6) is 0.662. The van der Waals surface area contributed by atoms with E-state index in [1.165, 1.54) is 28.8 Å². The first-order valence-electron chi connectivity index (χ1n) is 10.2. The Balaban J connectivity index is 1.96. The third-order valence-electron chi connectivity index (χ3n) is 5.04. The second kappa shape index (κ2) is 9.23. The predicted octanol–water partition coefficient (Wildman–Crippen LogP) is 4.76. The van der Waals surface area contributed by atoms with Crippen molar-refractivity contribution in [1.82, 2.24) is 14.5 Å². The second-order valence-corrected chi connectivity index (χ2v) is 7.12. The molecule has 170 valence electrons. The summed E-state index contributed by atoms with van der Waals surface area (Å²) in [5, 5.41) is 0.608. The van der Waals surface area contributed by atoms with E-state index >= 15 is 0 Å². The smallest absolute Gasteiger partial charge is 0.387 e. The fourth-order valence-corrected chi connectivity index (χ4v) is 3.55. The van der Waals surface area contributed by atoms with Gasteiger partial charge in [-0.15, -0.1) is 0 Å². The summed E-state index contributed by atoms with van der Waals surface area (Å²) in [5.41, 5.74) is 2.44. The van der Waals surface area contributed by atoms with Crippen molar-refractivity contribution in [1.29, 1.82) is 0 Å². The summed E-state index contributed by atoms with van der Waals surface area (Å²) < 4.78 is 41.6. The minimum atomic E-state index is -2.94. The quantitative estimate of drug-likeness (QED) is 0.402. The van der Waals surface area contributed by atoms with Crippen LogP contribution >= 0.6 is 0 Å². The van der Waals surface area contributed by atoms with Crippen LogP contribution in [0.15, 0.2) is 59.5 Å². The monoisotopic (exact) mass is 453 g/mol. The van der Waals surface area contributed by atoms with Crippen LogP contribution in [0.5, 0.6) is 17.5 Å². The Bertz CT molecular complexity index is 1350. The highest BCUT2D eigenvalue weighted by molar-refractivity contribution is 5.83. The summed E-state index contributed by atoms with van der Waals surface area (Å²) in [4.78, 5) is 22.3. The Kier molecular flexibility index (Phi) is 6.21. The highest BCUT2D eigenvalue weighted by Gasteiger charge is 2.17. The van der Waals surface area contributed by atoms with E-state index in [0.29, 0.717) is 34.6 Å². The SMILES string of the molecule is CCOc1ncc2cc(-c3ccc(OC)cc3C)c(=O)n(-c3ccc(OC(F)F)cc3)c2n1. The van der Waals surface area contributed by atoms with Gasteiger partial charge in [0.15, 0.2) is 5.65 Å². The van der Waals surface area contributed by atoms with E-state index in [1.807, 2.05) is 19.1 Å². The first kappa shape index (κ1) is 22.2.